The van der Waals surface area contributed by atoms with Crippen molar-refractivity contribution in [1.82, 2.24) is 0 Å². The third-order valence-corrected chi connectivity index (χ3v) is 3.40. The van der Waals surface area contributed by atoms with Crippen LogP contribution in [0.25, 0.3) is 0 Å². The Kier molecular flexibility index (Phi) is 3.22. The number of hydrogen-bond acceptors (Lipinski definition) is 0. The Bertz CT molecular complexity index is 379. The van der Waals surface area contributed by atoms with Crippen molar-refractivity contribution in [1.29, 1.82) is 0 Å². The van der Waals surface area contributed by atoms with Crippen LogP contribution in [0.2, 0.25) is 0 Å². The summed E-state index contributed by atoms with van der Waals surface area (Å²) in [7, 11) is 0. The topological polar surface area (TPSA) is 0 Å². The summed E-state index contributed by atoms with van der Waals surface area (Å²) < 4.78 is 40.0. The van der Waals surface area contributed by atoms with Gasteiger partial charge in [-0.3, -0.25) is 0 Å². The zero-order valence-electron chi connectivity index (χ0n) is 9.27. The Morgan fingerprint density at radius 1 is 1.00 bits per heavy atom. The fourth-order valence-electron chi connectivity index (χ4n) is 2.34. The standard InChI is InChI=1S/C13H15F3/c1-8-2-7-11(13(16)12(8)15)9-3-5-10(14)6-4-9/h2,7,9-10H,3-6H2,1H3. The van der Waals surface area contributed by atoms with E-state index < -0.39 is 17.8 Å². The van der Waals surface area contributed by atoms with Crippen molar-refractivity contribution in [3.8, 4) is 0 Å². The lowest BCUT2D eigenvalue weighted by Crippen LogP contribution is -2.15. The van der Waals surface area contributed by atoms with Crippen LogP contribution in [0.4, 0.5) is 13.2 Å². The lowest BCUT2D eigenvalue weighted by molar-refractivity contribution is 0.233. The summed E-state index contributed by atoms with van der Waals surface area (Å²) >= 11 is 0. The minimum Gasteiger partial charge on any atom is -0.247 e. The summed E-state index contributed by atoms with van der Waals surface area (Å²) in [6.45, 7) is 1.54. The molecule has 88 valence electrons. The normalized spacial score (nSPS) is 25.8. The van der Waals surface area contributed by atoms with Gasteiger partial charge in [0, 0.05) is 0 Å². The van der Waals surface area contributed by atoms with Crippen LogP contribution in [0.1, 0.15) is 42.7 Å². The molecule has 0 saturated heterocycles. The lowest BCUT2D eigenvalue weighted by atomic mass is 9.83. The molecule has 0 nitrogen and oxygen atoms in total. The Labute approximate surface area is 93.5 Å². The largest absolute Gasteiger partial charge is 0.247 e. The van der Waals surface area contributed by atoms with Crippen molar-refractivity contribution in [2.24, 2.45) is 0 Å². The molecule has 0 heterocycles. The quantitative estimate of drug-likeness (QED) is 0.673. The first kappa shape index (κ1) is 11.5. The Morgan fingerprint density at radius 2 is 1.62 bits per heavy atom. The minimum absolute atomic E-state index is 0.0258. The second-order valence-electron chi connectivity index (χ2n) is 4.55. The molecule has 1 aromatic carbocycles. The van der Waals surface area contributed by atoms with E-state index in [0.29, 0.717) is 36.8 Å². The van der Waals surface area contributed by atoms with E-state index in [0.717, 1.165) is 0 Å². The second-order valence-corrected chi connectivity index (χ2v) is 4.55. The lowest BCUT2D eigenvalue weighted by Gasteiger charge is -2.25. The third-order valence-electron chi connectivity index (χ3n) is 3.40. The SMILES string of the molecule is Cc1ccc(C2CCC(F)CC2)c(F)c1F. The first-order chi connectivity index (χ1) is 7.59. The molecule has 0 aromatic heterocycles. The molecule has 0 bridgehead atoms. The summed E-state index contributed by atoms with van der Waals surface area (Å²) in [5.74, 6) is -1.54. The van der Waals surface area contributed by atoms with Crippen LogP contribution < -0.4 is 0 Å². The van der Waals surface area contributed by atoms with Gasteiger partial charge >= 0.3 is 0 Å². The molecule has 0 amide bonds. The zero-order valence-corrected chi connectivity index (χ0v) is 9.27. The Morgan fingerprint density at radius 3 is 2.25 bits per heavy atom. The predicted molar refractivity (Wildman–Crippen MR) is 57.2 cm³/mol. The van der Waals surface area contributed by atoms with Crippen LogP contribution in [0.3, 0.4) is 0 Å². The molecule has 1 fully saturated rings. The van der Waals surface area contributed by atoms with Crippen LogP contribution in [0, 0.1) is 18.6 Å². The number of benzene rings is 1. The molecule has 0 N–H and O–H groups in total. The van der Waals surface area contributed by atoms with Crippen LogP contribution in [0.5, 0.6) is 0 Å². The van der Waals surface area contributed by atoms with Crippen molar-refractivity contribution < 1.29 is 13.2 Å². The van der Waals surface area contributed by atoms with Gasteiger partial charge in [-0.15, -0.1) is 0 Å². The van der Waals surface area contributed by atoms with Gasteiger partial charge in [0.15, 0.2) is 11.6 Å². The van der Waals surface area contributed by atoms with Gasteiger partial charge in [-0.2, -0.15) is 0 Å². The molecule has 0 spiro atoms. The molecule has 2 rings (SSSR count). The average molecular weight is 228 g/mol. The molecule has 16 heavy (non-hydrogen) atoms. The van der Waals surface area contributed by atoms with Gasteiger partial charge in [0.05, 0.1) is 0 Å². The van der Waals surface area contributed by atoms with Crippen molar-refractivity contribution in [3.05, 3.63) is 34.9 Å². The van der Waals surface area contributed by atoms with Gasteiger partial charge in [-0.25, -0.2) is 13.2 Å². The highest BCUT2D eigenvalue weighted by molar-refractivity contribution is 5.28. The van der Waals surface area contributed by atoms with Crippen molar-refractivity contribution in [3.63, 3.8) is 0 Å². The van der Waals surface area contributed by atoms with Gasteiger partial charge in [0.25, 0.3) is 0 Å². The molecule has 0 unspecified atom stereocenters. The maximum atomic E-state index is 13.7. The Balaban J connectivity index is 2.24. The van der Waals surface area contributed by atoms with Gasteiger partial charge in [-0.1, -0.05) is 12.1 Å². The number of aryl methyl sites for hydroxylation is 1. The molecule has 1 aliphatic rings. The molecule has 3 heteroatoms. The molecule has 0 radical (unpaired) electrons. The fourth-order valence-corrected chi connectivity index (χ4v) is 2.34. The summed E-state index contributed by atoms with van der Waals surface area (Å²) in [5, 5.41) is 0. The summed E-state index contributed by atoms with van der Waals surface area (Å²) in [4.78, 5) is 0. The van der Waals surface area contributed by atoms with Gasteiger partial charge in [0.1, 0.15) is 6.17 Å². The summed E-state index contributed by atoms with van der Waals surface area (Å²) in [5.41, 5.74) is 0.732. The van der Waals surface area contributed by atoms with Crippen LogP contribution in [0.15, 0.2) is 12.1 Å². The number of hydrogen-bond donors (Lipinski definition) is 0. The van der Waals surface area contributed by atoms with Gasteiger partial charge in [0.2, 0.25) is 0 Å². The second kappa shape index (κ2) is 4.48. The first-order valence-corrected chi connectivity index (χ1v) is 5.68. The van der Waals surface area contributed by atoms with E-state index >= 15 is 0 Å². The van der Waals surface area contributed by atoms with Crippen molar-refractivity contribution in [2.75, 3.05) is 0 Å². The summed E-state index contributed by atoms with van der Waals surface area (Å²) in [6.07, 6.45) is 1.37. The molecule has 0 atom stereocenters. The Hall–Kier alpha value is -0.990. The molecular weight excluding hydrogens is 213 g/mol. The summed E-state index contributed by atoms with van der Waals surface area (Å²) in [6, 6.07) is 3.23. The van der Waals surface area contributed by atoms with E-state index in [-0.39, 0.29) is 5.92 Å². The van der Waals surface area contributed by atoms with E-state index in [4.69, 9.17) is 0 Å². The number of rotatable bonds is 1. The number of alkyl halides is 1. The van der Waals surface area contributed by atoms with E-state index in [1.165, 1.54) is 0 Å². The maximum Gasteiger partial charge on any atom is 0.162 e. The zero-order chi connectivity index (χ0) is 11.7. The fraction of sp³-hybridized carbons (Fsp3) is 0.538. The highest BCUT2D eigenvalue weighted by Gasteiger charge is 2.25. The van der Waals surface area contributed by atoms with Crippen molar-refractivity contribution >= 4 is 0 Å². The number of halogens is 3. The van der Waals surface area contributed by atoms with Gasteiger partial charge in [-0.05, 0) is 49.7 Å². The third kappa shape index (κ3) is 2.08. The highest BCUT2D eigenvalue weighted by Crippen LogP contribution is 2.36. The monoisotopic (exact) mass is 228 g/mol. The minimum atomic E-state index is -0.769. The molecule has 1 aromatic rings. The predicted octanol–water partition coefficient (Wildman–Crippen LogP) is 4.27. The highest BCUT2D eigenvalue weighted by atomic mass is 19.2. The van der Waals surface area contributed by atoms with Crippen molar-refractivity contribution in [2.45, 2.75) is 44.7 Å². The van der Waals surface area contributed by atoms with E-state index in [1.54, 1.807) is 19.1 Å². The van der Waals surface area contributed by atoms with Crippen LogP contribution in [-0.2, 0) is 0 Å². The molecule has 0 aliphatic heterocycles. The van der Waals surface area contributed by atoms with E-state index in [1.807, 2.05) is 0 Å². The maximum absolute atomic E-state index is 13.7. The average Bonchev–Trinajstić information content (AvgIpc) is 2.28. The molecule has 1 aliphatic carbocycles. The molecule has 1 saturated carbocycles. The van der Waals surface area contributed by atoms with Crippen LogP contribution >= 0.6 is 0 Å². The first-order valence-electron chi connectivity index (χ1n) is 5.68. The van der Waals surface area contributed by atoms with E-state index in [2.05, 4.69) is 0 Å². The smallest absolute Gasteiger partial charge is 0.162 e. The van der Waals surface area contributed by atoms with Gasteiger partial charge < -0.3 is 0 Å². The molecular formula is C13H15F3. The van der Waals surface area contributed by atoms with E-state index in [9.17, 15) is 13.2 Å². The van der Waals surface area contributed by atoms with Crippen LogP contribution in [-0.4, -0.2) is 6.17 Å².